The summed E-state index contributed by atoms with van der Waals surface area (Å²) in [5.74, 6) is -5.60. The lowest BCUT2D eigenvalue weighted by molar-refractivity contribution is -0.136. The number of hydrogen-bond acceptors (Lipinski definition) is 2. The molecule has 0 saturated carbocycles. The number of nitrogens with one attached hydrogen (secondary N) is 2. The average molecular weight is 262 g/mol. The van der Waals surface area contributed by atoms with Crippen molar-refractivity contribution < 1.29 is 27.9 Å². The molecule has 0 aliphatic carbocycles. The second kappa shape index (κ2) is 5.89. The molecule has 0 fully saturated rings. The summed E-state index contributed by atoms with van der Waals surface area (Å²) in [5, 5.41) is 12.5. The maximum Gasteiger partial charge on any atom is 0.319 e. The van der Waals surface area contributed by atoms with Gasteiger partial charge in [0.15, 0.2) is 17.5 Å². The zero-order valence-electron chi connectivity index (χ0n) is 8.97. The van der Waals surface area contributed by atoms with E-state index < -0.39 is 29.5 Å². The molecule has 0 saturated heterocycles. The number of amides is 2. The van der Waals surface area contributed by atoms with Crippen LogP contribution >= 0.6 is 0 Å². The van der Waals surface area contributed by atoms with Crippen LogP contribution in [0, 0.1) is 17.5 Å². The Balaban J connectivity index is 2.57. The highest BCUT2D eigenvalue weighted by atomic mass is 19.2. The largest absolute Gasteiger partial charge is 0.481 e. The summed E-state index contributed by atoms with van der Waals surface area (Å²) in [5.41, 5.74) is -0.278. The van der Waals surface area contributed by atoms with E-state index in [1.807, 2.05) is 5.32 Å². The number of halogens is 3. The number of benzene rings is 1. The predicted octanol–water partition coefficient (Wildman–Crippen LogP) is 1.70. The van der Waals surface area contributed by atoms with Crippen molar-refractivity contribution in [2.75, 3.05) is 11.9 Å². The summed E-state index contributed by atoms with van der Waals surface area (Å²) < 4.78 is 38.2. The van der Waals surface area contributed by atoms with Gasteiger partial charge < -0.3 is 15.7 Å². The van der Waals surface area contributed by atoms with Crippen LogP contribution in [0.4, 0.5) is 23.7 Å². The van der Waals surface area contributed by atoms with Crippen molar-refractivity contribution in [3.05, 3.63) is 29.6 Å². The Bertz CT molecular complexity index is 456. The minimum Gasteiger partial charge on any atom is -0.481 e. The summed E-state index contributed by atoms with van der Waals surface area (Å²) in [6, 6.07) is 0.367. The first-order valence-electron chi connectivity index (χ1n) is 4.81. The van der Waals surface area contributed by atoms with Crippen molar-refractivity contribution in [1.82, 2.24) is 5.32 Å². The zero-order valence-corrected chi connectivity index (χ0v) is 8.97. The van der Waals surface area contributed by atoms with Gasteiger partial charge in [0, 0.05) is 24.4 Å². The van der Waals surface area contributed by atoms with Gasteiger partial charge in [-0.15, -0.1) is 0 Å². The molecule has 8 heteroatoms. The third-order valence-electron chi connectivity index (χ3n) is 1.87. The van der Waals surface area contributed by atoms with Crippen LogP contribution in [0.25, 0.3) is 0 Å². The first-order chi connectivity index (χ1) is 8.40. The Kier molecular flexibility index (Phi) is 4.52. The fraction of sp³-hybridized carbons (Fsp3) is 0.200. The van der Waals surface area contributed by atoms with Crippen LogP contribution < -0.4 is 10.6 Å². The number of carboxylic acids is 1. The third-order valence-corrected chi connectivity index (χ3v) is 1.87. The predicted molar refractivity (Wildman–Crippen MR) is 55.6 cm³/mol. The molecule has 18 heavy (non-hydrogen) atoms. The van der Waals surface area contributed by atoms with E-state index >= 15 is 0 Å². The smallest absolute Gasteiger partial charge is 0.319 e. The SMILES string of the molecule is O=C(O)CCNC(=O)Nc1cc(F)c(F)c(F)c1. The van der Waals surface area contributed by atoms with E-state index in [4.69, 9.17) is 5.11 Å². The fourth-order valence-corrected chi connectivity index (χ4v) is 1.09. The molecule has 0 radical (unpaired) electrons. The molecule has 1 rings (SSSR count). The molecule has 5 nitrogen and oxygen atoms in total. The number of carbonyl (C=O) groups excluding carboxylic acids is 1. The van der Waals surface area contributed by atoms with Gasteiger partial charge >= 0.3 is 12.0 Å². The molecule has 0 unspecified atom stereocenters. The van der Waals surface area contributed by atoms with Crippen LogP contribution in [0.15, 0.2) is 12.1 Å². The van der Waals surface area contributed by atoms with Crippen molar-refractivity contribution in [3.63, 3.8) is 0 Å². The van der Waals surface area contributed by atoms with Crippen LogP contribution in [0.1, 0.15) is 6.42 Å². The standard InChI is InChI=1S/C10H9F3N2O3/c11-6-3-5(4-7(12)9(6)13)15-10(18)14-2-1-8(16)17/h3-4H,1-2H2,(H,16,17)(H2,14,15,18). The first-order valence-corrected chi connectivity index (χ1v) is 4.81. The van der Waals surface area contributed by atoms with Gasteiger partial charge in [-0.3, -0.25) is 4.79 Å². The Morgan fingerprint density at radius 3 is 2.22 bits per heavy atom. The lowest BCUT2D eigenvalue weighted by Crippen LogP contribution is -2.30. The molecule has 1 aromatic rings. The summed E-state index contributed by atoms with van der Waals surface area (Å²) in [6.07, 6.45) is -0.292. The Morgan fingerprint density at radius 2 is 1.72 bits per heavy atom. The molecule has 0 aliphatic heterocycles. The molecule has 98 valence electrons. The van der Waals surface area contributed by atoms with Gasteiger partial charge in [-0.25, -0.2) is 18.0 Å². The molecule has 3 N–H and O–H groups in total. The van der Waals surface area contributed by atoms with E-state index in [0.29, 0.717) is 12.1 Å². The Labute approximate surface area is 99.6 Å². The number of anilines is 1. The third kappa shape index (κ3) is 3.96. The van der Waals surface area contributed by atoms with Gasteiger partial charge in [-0.2, -0.15) is 0 Å². The van der Waals surface area contributed by atoms with Crippen molar-refractivity contribution in [1.29, 1.82) is 0 Å². The highest BCUT2D eigenvalue weighted by molar-refractivity contribution is 5.89. The number of rotatable bonds is 4. The summed E-state index contributed by atoms with van der Waals surface area (Å²) >= 11 is 0. The van der Waals surface area contributed by atoms with Crippen molar-refractivity contribution in [2.45, 2.75) is 6.42 Å². The molecular formula is C10H9F3N2O3. The van der Waals surface area contributed by atoms with Gasteiger partial charge in [0.05, 0.1) is 6.42 Å². The van der Waals surface area contributed by atoms with Gasteiger partial charge in [-0.05, 0) is 0 Å². The van der Waals surface area contributed by atoms with E-state index in [-0.39, 0.29) is 18.7 Å². The highest BCUT2D eigenvalue weighted by Gasteiger charge is 2.12. The second-order valence-corrected chi connectivity index (χ2v) is 3.28. The molecule has 2 amide bonds. The van der Waals surface area contributed by atoms with Crippen LogP contribution in [-0.2, 0) is 4.79 Å². The van der Waals surface area contributed by atoms with E-state index in [9.17, 15) is 22.8 Å². The minimum absolute atomic E-state index is 0.146. The van der Waals surface area contributed by atoms with Crippen molar-refractivity contribution in [3.8, 4) is 0 Å². The average Bonchev–Trinajstić information content (AvgIpc) is 2.25. The quantitative estimate of drug-likeness (QED) is 0.722. The monoisotopic (exact) mass is 262 g/mol. The van der Waals surface area contributed by atoms with Crippen LogP contribution in [-0.4, -0.2) is 23.7 Å². The van der Waals surface area contributed by atoms with E-state index in [2.05, 4.69) is 5.32 Å². The molecule has 0 aliphatic rings. The number of carbonyl (C=O) groups is 2. The van der Waals surface area contributed by atoms with Crippen LogP contribution in [0.3, 0.4) is 0 Å². The lowest BCUT2D eigenvalue weighted by atomic mass is 10.3. The van der Waals surface area contributed by atoms with Crippen LogP contribution in [0.2, 0.25) is 0 Å². The molecule has 0 spiro atoms. The summed E-state index contributed by atoms with van der Waals surface area (Å²) in [7, 11) is 0. The van der Waals surface area contributed by atoms with Gasteiger partial charge in [0.2, 0.25) is 0 Å². The summed E-state index contributed by atoms with van der Waals surface area (Å²) in [6.45, 7) is -0.146. The van der Waals surface area contributed by atoms with E-state index in [0.717, 1.165) is 0 Å². The van der Waals surface area contributed by atoms with E-state index in [1.54, 1.807) is 0 Å². The normalized spacial score (nSPS) is 9.94. The molecule has 0 atom stereocenters. The Hall–Kier alpha value is -2.25. The molecule has 0 heterocycles. The van der Waals surface area contributed by atoms with E-state index in [1.165, 1.54) is 0 Å². The minimum atomic E-state index is -1.63. The molecule has 1 aromatic carbocycles. The highest BCUT2D eigenvalue weighted by Crippen LogP contribution is 2.17. The number of carboxylic acid groups (broad SMARTS) is 1. The number of hydrogen-bond donors (Lipinski definition) is 3. The second-order valence-electron chi connectivity index (χ2n) is 3.28. The van der Waals surface area contributed by atoms with Crippen LogP contribution in [0.5, 0.6) is 0 Å². The van der Waals surface area contributed by atoms with Crippen molar-refractivity contribution >= 4 is 17.7 Å². The maximum atomic E-state index is 12.8. The molecule has 0 bridgehead atoms. The maximum absolute atomic E-state index is 12.8. The zero-order chi connectivity index (χ0) is 13.7. The Morgan fingerprint density at radius 1 is 1.17 bits per heavy atom. The van der Waals surface area contributed by atoms with Gasteiger partial charge in [0.1, 0.15) is 0 Å². The van der Waals surface area contributed by atoms with Gasteiger partial charge in [0.25, 0.3) is 0 Å². The summed E-state index contributed by atoms with van der Waals surface area (Å²) in [4.78, 5) is 21.3. The number of urea groups is 1. The molecular weight excluding hydrogens is 253 g/mol. The first kappa shape index (κ1) is 13.8. The fourth-order valence-electron chi connectivity index (χ4n) is 1.09. The van der Waals surface area contributed by atoms with Crippen molar-refractivity contribution in [2.24, 2.45) is 0 Å². The lowest BCUT2D eigenvalue weighted by Gasteiger charge is -2.07. The van der Waals surface area contributed by atoms with Gasteiger partial charge in [-0.1, -0.05) is 0 Å². The molecule has 0 aromatic heterocycles. The number of aliphatic carboxylic acids is 1. The topological polar surface area (TPSA) is 78.4 Å².